The van der Waals surface area contributed by atoms with Gasteiger partial charge in [0.05, 0.1) is 21.7 Å². The van der Waals surface area contributed by atoms with Gasteiger partial charge in [0.2, 0.25) is 0 Å². The first-order chi connectivity index (χ1) is 12.4. The summed E-state index contributed by atoms with van der Waals surface area (Å²) in [5, 5.41) is -0.310. The topological polar surface area (TPSA) is 82.1 Å². The van der Waals surface area contributed by atoms with E-state index in [1.165, 1.54) is 7.05 Å². The number of halogens is 1. The third-order valence-corrected chi connectivity index (χ3v) is 5.02. The van der Waals surface area contributed by atoms with Crippen LogP contribution >= 0.6 is 34.4 Å². The summed E-state index contributed by atoms with van der Waals surface area (Å²) in [6, 6.07) is 3.49. The zero-order valence-corrected chi connectivity index (χ0v) is 17.5. The molecule has 9 heteroatoms. The Labute approximate surface area is 169 Å². The van der Waals surface area contributed by atoms with Crippen LogP contribution in [0.3, 0.4) is 0 Å². The Hall–Kier alpha value is -1.75. The summed E-state index contributed by atoms with van der Waals surface area (Å²) in [6.07, 6.45) is 1.63. The number of likely N-dealkylation sites (N-methyl/N-ethyl adjacent to an activating group) is 1. The lowest BCUT2D eigenvalue weighted by Gasteiger charge is -2.14. The SMILES string of the molecule is CCOC(=O)COc1c(I)cc(/C=C2\SC(=O)N(C)C2=O)cc1OCC. The van der Waals surface area contributed by atoms with Crippen molar-refractivity contribution in [3.8, 4) is 11.5 Å². The van der Waals surface area contributed by atoms with Gasteiger partial charge in [-0.25, -0.2) is 4.79 Å². The van der Waals surface area contributed by atoms with Gasteiger partial charge < -0.3 is 14.2 Å². The second-order valence-corrected chi connectivity index (χ2v) is 7.25. The van der Waals surface area contributed by atoms with Gasteiger partial charge in [0.15, 0.2) is 18.1 Å². The Morgan fingerprint density at radius 2 is 1.96 bits per heavy atom. The predicted molar refractivity (Wildman–Crippen MR) is 106 cm³/mol. The number of carbonyl (C=O) groups excluding carboxylic acids is 3. The molecule has 0 bridgehead atoms. The van der Waals surface area contributed by atoms with Crippen LogP contribution in [0.5, 0.6) is 11.5 Å². The molecule has 0 aliphatic carbocycles. The second kappa shape index (κ2) is 9.26. The predicted octanol–water partition coefficient (Wildman–Crippen LogP) is 3.30. The van der Waals surface area contributed by atoms with Crippen molar-refractivity contribution in [2.45, 2.75) is 13.8 Å². The third kappa shape index (κ3) is 4.91. The molecule has 1 aromatic carbocycles. The molecule has 0 unspecified atom stereocenters. The Morgan fingerprint density at radius 3 is 2.54 bits per heavy atom. The smallest absolute Gasteiger partial charge is 0.344 e. The quantitative estimate of drug-likeness (QED) is 0.329. The molecule has 1 heterocycles. The van der Waals surface area contributed by atoms with Gasteiger partial charge in [-0.1, -0.05) is 0 Å². The van der Waals surface area contributed by atoms with Crippen LogP contribution in [0.1, 0.15) is 19.4 Å². The highest BCUT2D eigenvalue weighted by molar-refractivity contribution is 14.1. The monoisotopic (exact) mass is 491 g/mol. The van der Waals surface area contributed by atoms with Gasteiger partial charge in [-0.15, -0.1) is 0 Å². The van der Waals surface area contributed by atoms with E-state index in [0.717, 1.165) is 16.7 Å². The van der Waals surface area contributed by atoms with Gasteiger partial charge in [-0.3, -0.25) is 14.5 Å². The molecule has 26 heavy (non-hydrogen) atoms. The first kappa shape index (κ1) is 20.6. The maximum atomic E-state index is 12.0. The van der Waals surface area contributed by atoms with Crippen molar-refractivity contribution in [2.24, 2.45) is 0 Å². The molecule has 0 atom stereocenters. The summed E-state index contributed by atoms with van der Waals surface area (Å²) in [5.74, 6) is 0.0778. The van der Waals surface area contributed by atoms with Crippen LogP contribution in [0.15, 0.2) is 17.0 Å². The van der Waals surface area contributed by atoms with Crippen molar-refractivity contribution in [3.63, 3.8) is 0 Å². The van der Waals surface area contributed by atoms with E-state index < -0.39 is 5.97 Å². The zero-order chi connectivity index (χ0) is 19.3. The Bertz CT molecular complexity index is 764. The Balaban J connectivity index is 2.29. The van der Waals surface area contributed by atoms with E-state index in [4.69, 9.17) is 14.2 Å². The summed E-state index contributed by atoms with van der Waals surface area (Å²) in [6.45, 7) is 4.01. The molecule has 0 aromatic heterocycles. The first-order valence-corrected chi connectivity index (χ1v) is 9.73. The van der Waals surface area contributed by atoms with Crippen molar-refractivity contribution in [1.82, 2.24) is 4.90 Å². The lowest BCUT2D eigenvalue weighted by atomic mass is 10.2. The van der Waals surface area contributed by atoms with E-state index in [0.29, 0.717) is 32.1 Å². The average Bonchev–Trinajstić information content (AvgIpc) is 2.81. The minimum atomic E-state index is -0.466. The summed E-state index contributed by atoms with van der Waals surface area (Å²) in [4.78, 5) is 36.6. The number of rotatable bonds is 7. The third-order valence-electron chi connectivity index (χ3n) is 3.26. The zero-order valence-electron chi connectivity index (χ0n) is 14.5. The van der Waals surface area contributed by atoms with Crippen molar-refractivity contribution in [3.05, 3.63) is 26.2 Å². The van der Waals surface area contributed by atoms with Gasteiger partial charge in [-0.2, -0.15) is 0 Å². The summed E-state index contributed by atoms with van der Waals surface area (Å²) >= 11 is 2.95. The molecule has 1 saturated heterocycles. The number of ether oxygens (including phenoxy) is 3. The first-order valence-electron chi connectivity index (χ1n) is 7.83. The van der Waals surface area contributed by atoms with Gasteiger partial charge in [0.1, 0.15) is 0 Å². The van der Waals surface area contributed by atoms with Gasteiger partial charge in [-0.05, 0) is 72.0 Å². The van der Waals surface area contributed by atoms with Crippen molar-refractivity contribution >= 4 is 57.5 Å². The van der Waals surface area contributed by atoms with E-state index >= 15 is 0 Å². The maximum absolute atomic E-state index is 12.0. The van der Waals surface area contributed by atoms with Crippen LogP contribution < -0.4 is 9.47 Å². The number of amides is 2. The summed E-state index contributed by atoms with van der Waals surface area (Å²) in [5.41, 5.74) is 0.695. The minimum absolute atomic E-state index is 0.224. The molecule has 1 fully saturated rings. The van der Waals surface area contributed by atoms with Crippen LogP contribution in [0.4, 0.5) is 4.79 Å². The fourth-order valence-corrected chi connectivity index (χ4v) is 3.71. The van der Waals surface area contributed by atoms with E-state index in [-0.39, 0.29) is 24.4 Å². The van der Waals surface area contributed by atoms with E-state index in [1.54, 1.807) is 25.1 Å². The normalized spacial score (nSPS) is 15.5. The number of thioether (sulfide) groups is 1. The molecule has 0 saturated carbocycles. The molecule has 1 aromatic rings. The maximum Gasteiger partial charge on any atom is 0.344 e. The number of esters is 1. The lowest BCUT2D eigenvalue weighted by molar-refractivity contribution is -0.145. The number of carbonyl (C=O) groups is 3. The van der Waals surface area contributed by atoms with Crippen molar-refractivity contribution in [2.75, 3.05) is 26.9 Å². The van der Waals surface area contributed by atoms with Crippen LogP contribution in [0.2, 0.25) is 0 Å². The molecule has 0 N–H and O–H groups in total. The average molecular weight is 491 g/mol. The Morgan fingerprint density at radius 1 is 1.23 bits per heavy atom. The molecule has 2 amide bonds. The minimum Gasteiger partial charge on any atom is -0.490 e. The molecule has 1 aliphatic rings. The Kier molecular flexibility index (Phi) is 7.33. The molecule has 1 aliphatic heterocycles. The van der Waals surface area contributed by atoms with Crippen LogP contribution in [-0.2, 0) is 14.3 Å². The molecule has 0 radical (unpaired) electrons. The lowest BCUT2D eigenvalue weighted by Crippen LogP contribution is -2.22. The molecule has 0 spiro atoms. The van der Waals surface area contributed by atoms with Gasteiger partial charge >= 0.3 is 5.97 Å². The number of hydrogen-bond donors (Lipinski definition) is 0. The van der Waals surface area contributed by atoms with Gasteiger partial charge in [0.25, 0.3) is 11.1 Å². The van der Waals surface area contributed by atoms with Crippen LogP contribution in [-0.4, -0.2) is 48.9 Å². The van der Waals surface area contributed by atoms with E-state index in [1.807, 2.05) is 6.92 Å². The fourth-order valence-electron chi connectivity index (χ4n) is 2.10. The molecule has 140 valence electrons. The largest absolute Gasteiger partial charge is 0.490 e. The number of benzene rings is 1. The second-order valence-electron chi connectivity index (χ2n) is 5.10. The van der Waals surface area contributed by atoms with E-state index in [2.05, 4.69) is 22.6 Å². The van der Waals surface area contributed by atoms with E-state index in [9.17, 15) is 14.4 Å². The number of hydrogen-bond acceptors (Lipinski definition) is 7. The molecular formula is C17H18INO6S. The standard InChI is InChI=1S/C17H18INO6S/c1-4-23-12-7-10(8-13-16(21)19(3)17(22)26-13)6-11(18)15(12)25-9-14(20)24-5-2/h6-8H,4-5,9H2,1-3H3/b13-8-. The summed E-state index contributed by atoms with van der Waals surface area (Å²) in [7, 11) is 1.44. The van der Waals surface area contributed by atoms with Crippen LogP contribution in [0, 0.1) is 3.57 Å². The number of imide groups is 1. The van der Waals surface area contributed by atoms with Crippen molar-refractivity contribution < 1.29 is 28.6 Å². The highest BCUT2D eigenvalue weighted by Gasteiger charge is 2.31. The highest BCUT2D eigenvalue weighted by atomic mass is 127. The van der Waals surface area contributed by atoms with Crippen molar-refractivity contribution in [1.29, 1.82) is 0 Å². The fraction of sp³-hybridized carbons (Fsp3) is 0.353. The molecular weight excluding hydrogens is 473 g/mol. The summed E-state index contributed by atoms with van der Waals surface area (Å²) < 4.78 is 16.7. The molecule has 2 rings (SSSR count). The number of nitrogens with zero attached hydrogens (tertiary/aromatic N) is 1. The van der Waals surface area contributed by atoms with Gasteiger partial charge in [0, 0.05) is 7.05 Å². The van der Waals surface area contributed by atoms with Crippen LogP contribution in [0.25, 0.3) is 6.08 Å². The highest BCUT2D eigenvalue weighted by Crippen LogP contribution is 2.37. The molecule has 7 nitrogen and oxygen atoms in total.